The number of imidazole rings is 1. The summed E-state index contributed by atoms with van der Waals surface area (Å²) in [4.78, 5) is 39.5. The van der Waals surface area contributed by atoms with Gasteiger partial charge in [0.1, 0.15) is 5.52 Å². The number of hydrogen-bond acceptors (Lipinski definition) is 5. The second-order valence-corrected chi connectivity index (χ2v) is 7.21. The lowest BCUT2D eigenvalue weighted by Gasteiger charge is -2.08. The van der Waals surface area contributed by atoms with Crippen molar-refractivity contribution < 1.29 is 19.6 Å². The fraction of sp³-hybridized carbons (Fsp3) is 0.0870. The summed E-state index contributed by atoms with van der Waals surface area (Å²) in [7, 11) is 1.38. The summed E-state index contributed by atoms with van der Waals surface area (Å²) in [6.07, 6.45) is 0. The van der Waals surface area contributed by atoms with Crippen LogP contribution in [0.2, 0.25) is 0 Å². The van der Waals surface area contributed by atoms with E-state index < -0.39 is 0 Å². The molecule has 0 aliphatic heterocycles. The first-order valence-corrected chi connectivity index (χ1v) is 9.74. The Labute approximate surface area is 182 Å². The Morgan fingerprint density at radius 2 is 1.56 bits per heavy atom. The molecule has 0 saturated heterocycles. The van der Waals surface area contributed by atoms with Crippen LogP contribution in [0.5, 0.6) is 0 Å². The molecular formula is C23H20N5O4+. The summed E-state index contributed by atoms with van der Waals surface area (Å²) < 4.78 is 1.64. The summed E-state index contributed by atoms with van der Waals surface area (Å²) in [5, 5.41) is 16.0. The molecule has 0 radical (unpaired) electrons. The first-order chi connectivity index (χ1) is 15.3. The highest BCUT2D eigenvalue weighted by molar-refractivity contribution is 6.04. The maximum absolute atomic E-state index is 12.5. The molecule has 0 aliphatic carbocycles. The molecule has 0 fully saturated rings. The zero-order valence-electron chi connectivity index (χ0n) is 17.4. The fourth-order valence-electron chi connectivity index (χ4n) is 3.25. The lowest BCUT2D eigenvalue weighted by molar-refractivity contribution is -0.428. The van der Waals surface area contributed by atoms with E-state index in [0.717, 1.165) is 4.73 Å². The van der Waals surface area contributed by atoms with Crippen LogP contribution in [0.1, 0.15) is 17.3 Å². The predicted molar refractivity (Wildman–Crippen MR) is 120 cm³/mol. The number of carbonyl (C=O) groups is 2. The van der Waals surface area contributed by atoms with Gasteiger partial charge >= 0.3 is 0 Å². The van der Waals surface area contributed by atoms with Gasteiger partial charge in [0.25, 0.3) is 11.6 Å². The molecule has 0 atom stereocenters. The van der Waals surface area contributed by atoms with Crippen LogP contribution in [0.4, 0.5) is 17.1 Å². The minimum atomic E-state index is -0.296. The van der Waals surface area contributed by atoms with Crippen LogP contribution in [0.25, 0.3) is 22.4 Å². The van der Waals surface area contributed by atoms with Crippen molar-refractivity contribution in [1.82, 2.24) is 9.71 Å². The van der Waals surface area contributed by atoms with Crippen molar-refractivity contribution in [3.8, 4) is 11.4 Å². The second kappa shape index (κ2) is 8.31. The largest absolute Gasteiger partial charge is 0.426 e. The minimum Gasteiger partial charge on any atom is -0.426 e. The molecule has 1 aromatic heterocycles. The Hall–Kier alpha value is -4.53. The topological polar surface area (TPSA) is 116 Å². The van der Waals surface area contributed by atoms with Gasteiger partial charge in [0, 0.05) is 51.2 Å². The lowest BCUT2D eigenvalue weighted by atomic mass is 10.1. The van der Waals surface area contributed by atoms with Gasteiger partial charge < -0.3 is 15.8 Å². The van der Waals surface area contributed by atoms with E-state index in [1.165, 1.54) is 14.0 Å². The number of hydrogen-bond donors (Lipinski definition) is 3. The molecule has 0 bridgehead atoms. The molecule has 1 heterocycles. The number of nitrogens with one attached hydrogen (secondary N) is 2. The third-order valence-corrected chi connectivity index (χ3v) is 4.85. The van der Waals surface area contributed by atoms with E-state index in [9.17, 15) is 19.7 Å². The van der Waals surface area contributed by atoms with E-state index in [4.69, 9.17) is 0 Å². The van der Waals surface area contributed by atoms with Crippen LogP contribution in [-0.4, -0.2) is 38.5 Å². The Balaban J connectivity index is 1.52. The first-order valence-electron chi connectivity index (χ1n) is 9.74. The van der Waals surface area contributed by atoms with Crippen molar-refractivity contribution in [2.24, 2.45) is 0 Å². The van der Waals surface area contributed by atoms with Crippen molar-refractivity contribution in [1.29, 1.82) is 0 Å². The van der Waals surface area contributed by atoms with E-state index in [-0.39, 0.29) is 11.8 Å². The molecule has 9 nitrogen and oxygen atoms in total. The van der Waals surface area contributed by atoms with E-state index >= 15 is 0 Å². The standard InChI is InChI=1S/C23H19N5O4/c1-14(29)24-17-9-5-16(6-10-17)23(30)25-18-7-3-15(4-8-18)22-26-20-12-11-19(27(2)31)13-21(20)28(22)32/h3-13H,1-2H3,(H2-,24,25,26,29,30,31,32)/p+1. The quantitative estimate of drug-likeness (QED) is 0.324. The van der Waals surface area contributed by atoms with Gasteiger partial charge in [-0.1, -0.05) is 0 Å². The summed E-state index contributed by atoms with van der Waals surface area (Å²) in [6.45, 7) is 1.42. The van der Waals surface area contributed by atoms with Crippen LogP contribution < -0.4 is 10.6 Å². The maximum atomic E-state index is 12.5. The van der Waals surface area contributed by atoms with Gasteiger partial charge in [-0.25, -0.2) is 4.98 Å². The number of anilines is 2. The number of aromatic nitrogens is 2. The van der Waals surface area contributed by atoms with Crippen LogP contribution in [0.3, 0.4) is 0 Å². The van der Waals surface area contributed by atoms with E-state index in [1.807, 2.05) is 0 Å². The smallest absolute Gasteiger partial charge is 0.257 e. The van der Waals surface area contributed by atoms with E-state index in [2.05, 4.69) is 15.6 Å². The van der Waals surface area contributed by atoms with E-state index in [0.29, 0.717) is 49.8 Å². The van der Waals surface area contributed by atoms with Crippen molar-refractivity contribution in [2.45, 2.75) is 6.92 Å². The van der Waals surface area contributed by atoms with Crippen LogP contribution in [0, 0.1) is 4.91 Å². The lowest BCUT2D eigenvalue weighted by Crippen LogP contribution is -2.12. The predicted octanol–water partition coefficient (Wildman–Crippen LogP) is 4.19. The Morgan fingerprint density at radius 3 is 2.19 bits per heavy atom. The van der Waals surface area contributed by atoms with Gasteiger partial charge in [0.2, 0.25) is 5.91 Å². The average Bonchev–Trinajstić information content (AvgIpc) is 3.10. The summed E-state index contributed by atoms with van der Waals surface area (Å²) in [5.41, 5.74) is 3.63. The molecule has 3 N–H and O–H groups in total. The summed E-state index contributed by atoms with van der Waals surface area (Å²) in [5.74, 6) is -0.162. The Morgan fingerprint density at radius 1 is 0.938 bits per heavy atom. The average molecular weight is 430 g/mol. The highest BCUT2D eigenvalue weighted by atomic mass is 16.5. The molecule has 9 heteroatoms. The monoisotopic (exact) mass is 430 g/mol. The second-order valence-electron chi connectivity index (χ2n) is 7.21. The number of carbonyl (C=O) groups excluding carboxylic acids is 2. The third-order valence-electron chi connectivity index (χ3n) is 4.85. The van der Waals surface area contributed by atoms with Gasteiger partial charge in [-0.2, -0.15) is 4.73 Å². The molecule has 0 saturated carbocycles. The number of nitroso groups, excluding NO2 is 1. The fourth-order valence-corrected chi connectivity index (χ4v) is 3.25. The first kappa shape index (κ1) is 20.7. The van der Waals surface area contributed by atoms with Gasteiger partial charge in [-0.05, 0) is 54.6 Å². The molecule has 2 amide bonds. The van der Waals surface area contributed by atoms with Gasteiger partial charge in [-0.15, -0.1) is 0 Å². The molecule has 4 rings (SSSR count). The van der Waals surface area contributed by atoms with Crippen molar-refractivity contribution in [3.05, 3.63) is 77.2 Å². The molecule has 0 aliphatic rings. The Bertz CT molecular complexity index is 1340. The van der Waals surface area contributed by atoms with Crippen molar-refractivity contribution in [2.75, 3.05) is 17.7 Å². The molecule has 32 heavy (non-hydrogen) atoms. The molecule has 3 aromatic carbocycles. The highest BCUT2D eigenvalue weighted by Gasteiger charge is 2.16. The maximum Gasteiger partial charge on any atom is 0.257 e. The zero-order chi connectivity index (χ0) is 22.8. The number of amides is 2. The van der Waals surface area contributed by atoms with E-state index in [1.54, 1.807) is 66.7 Å². The number of benzene rings is 3. The molecular weight excluding hydrogens is 410 g/mol. The van der Waals surface area contributed by atoms with Gasteiger partial charge in [0.15, 0.2) is 12.9 Å². The van der Waals surface area contributed by atoms with Crippen LogP contribution in [0.15, 0.2) is 66.7 Å². The number of nitrogens with zero attached hydrogens (tertiary/aromatic N) is 3. The zero-order valence-corrected chi connectivity index (χ0v) is 17.4. The SMILES string of the molecule is CC(=O)Nc1ccc(C(=O)Nc2ccc(-c3nc4ccc([N+](C)=O)cc4n3O)cc2)cc1. The molecule has 0 unspecified atom stereocenters. The molecule has 4 aromatic rings. The van der Waals surface area contributed by atoms with Crippen molar-refractivity contribution in [3.63, 3.8) is 0 Å². The molecule has 0 spiro atoms. The molecule has 160 valence electrons. The number of fused-ring (bicyclic) bond motifs is 1. The minimum absolute atomic E-state index is 0.183. The summed E-state index contributed by atoms with van der Waals surface area (Å²) in [6, 6.07) is 18.3. The van der Waals surface area contributed by atoms with Crippen LogP contribution in [-0.2, 0) is 4.79 Å². The Kier molecular flexibility index (Phi) is 5.38. The third kappa shape index (κ3) is 4.17. The van der Waals surface area contributed by atoms with Crippen molar-refractivity contribution >= 4 is 39.9 Å². The summed E-state index contributed by atoms with van der Waals surface area (Å²) >= 11 is 0. The normalized spacial score (nSPS) is 10.7. The highest BCUT2D eigenvalue weighted by Crippen LogP contribution is 2.27. The van der Waals surface area contributed by atoms with Crippen LogP contribution >= 0.6 is 0 Å². The van der Waals surface area contributed by atoms with Gasteiger partial charge in [-0.3, -0.25) is 9.59 Å². The number of rotatable bonds is 5. The van der Waals surface area contributed by atoms with Gasteiger partial charge in [0.05, 0.1) is 5.52 Å².